The number of benzene rings is 2. The van der Waals surface area contributed by atoms with Crippen molar-refractivity contribution in [3.8, 4) is 11.5 Å². The molecule has 5 nitrogen and oxygen atoms in total. The summed E-state index contributed by atoms with van der Waals surface area (Å²) in [5, 5.41) is 22.2. The molecule has 0 radical (unpaired) electrons. The fourth-order valence-electron chi connectivity index (χ4n) is 2.10. The van der Waals surface area contributed by atoms with E-state index in [1.165, 1.54) is 6.07 Å². The van der Waals surface area contributed by atoms with E-state index in [0.29, 0.717) is 5.75 Å². The lowest BCUT2D eigenvalue weighted by atomic mass is 10.1. The van der Waals surface area contributed by atoms with Gasteiger partial charge in [0, 0.05) is 6.54 Å². The number of aliphatic hydroxyl groups is 1. The molecule has 0 heterocycles. The minimum absolute atomic E-state index is 0.0396. The van der Waals surface area contributed by atoms with Gasteiger partial charge in [-0.15, -0.1) is 0 Å². The fraction of sp³-hybridized carbons (Fsp3) is 0.278. The van der Waals surface area contributed by atoms with Crippen LogP contribution < -0.4 is 10.1 Å². The van der Waals surface area contributed by atoms with Crippen molar-refractivity contribution in [3.05, 3.63) is 59.2 Å². The van der Waals surface area contributed by atoms with Crippen LogP contribution in [0.3, 0.4) is 0 Å². The molecule has 0 saturated carbocycles. The third-order valence-electron chi connectivity index (χ3n) is 3.33. The van der Waals surface area contributed by atoms with Crippen LogP contribution in [0.2, 0.25) is 0 Å². The van der Waals surface area contributed by atoms with Crippen molar-refractivity contribution in [1.29, 1.82) is 0 Å². The molecule has 2 aromatic carbocycles. The summed E-state index contributed by atoms with van der Waals surface area (Å²) >= 11 is 0. The average molecular weight is 315 g/mol. The van der Waals surface area contributed by atoms with E-state index in [1.807, 2.05) is 38.1 Å². The average Bonchev–Trinajstić information content (AvgIpc) is 2.50. The summed E-state index contributed by atoms with van der Waals surface area (Å²) < 4.78 is 5.48. The summed E-state index contributed by atoms with van der Waals surface area (Å²) in [7, 11) is 0. The van der Waals surface area contributed by atoms with Crippen LogP contribution in [0.4, 0.5) is 0 Å². The first-order valence-corrected chi connectivity index (χ1v) is 7.41. The predicted molar refractivity (Wildman–Crippen MR) is 87.9 cm³/mol. The van der Waals surface area contributed by atoms with Gasteiger partial charge in [0.1, 0.15) is 24.2 Å². The minimum atomic E-state index is -0.841. The quantitative estimate of drug-likeness (QED) is 0.763. The van der Waals surface area contributed by atoms with Crippen LogP contribution in [0.1, 0.15) is 21.5 Å². The van der Waals surface area contributed by atoms with Crippen molar-refractivity contribution in [2.45, 2.75) is 20.0 Å². The highest BCUT2D eigenvalue weighted by Crippen LogP contribution is 2.18. The first kappa shape index (κ1) is 16.8. The van der Waals surface area contributed by atoms with Crippen LogP contribution in [-0.4, -0.2) is 35.4 Å². The Morgan fingerprint density at radius 3 is 2.61 bits per heavy atom. The van der Waals surface area contributed by atoms with Gasteiger partial charge in [0.2, 0.25) is 0 Å². The van der Waals surface area contributed by atoms with Crippen molar-refractivity contribution in [3.63, 3.8) is 0 Å². The Morgan fingerprint density at radius 1 is 1.17 bits per heavy atom. The number of phenolic OH excluding ortho intramolecular Hbond substituents is 1. The van der Waals surface area contributed by atoms with Crippen molar-refractivity contribution in [1.82, 2.24) is 5.32 Å². The standard InChI is InChI=1S/C18H21NO4/c1-12-4-3-5-15(8-12)23-11-14(20)10-19-18(22)16-7-6-13(2)9-17(16)21/h3-9,14,20-21H,10-11H2,1-2H3,(H,19,22). The minimum Gasteiger partial charge on any atom is -0.507 e. The van der Waals surface area contributed by atoms with Gasteiger partial charge in [-0.3, -0.25) is 4.79 Å². The number of aromatic hydroxyl groups is 1. The summed E-state index contributed by atoms with van der Waals surface area (Å²) in [6.45, 7) is 3.90. The number of phenols is 1. The van der Waals surface area contributed by atoms with Gasteiger partial charge in [0.25, 0.3) is 5.91 Å². The largest absolute Gasteiger partial charge is 0.507 e. The Bertz CT molecular complexity index is 684. The molecule has 2 aromatic rings. The first-order valence-electron chi connectivity index (χ1n) is 7.41. The topological polar surface area (TPSA) is 78.8 Å². The van der Waals surface area contributed by atoms with Crippen molar-refractivity contribution < 1.29 is 19.7 Å². The van der Waals surface area contributed by atoms with Crippen molar-refractivity contribution in [2.24, 2.45) is 0 Å². The molecule has 0 spiro atoms. The molecule has 0 aliphatic heterocycles. The molecule has 0 bridgehead atoms. The summed E-state index contributed by atoms with van der Waals surface area (Å²) in [4.78, 5) is 12.0. The number of hydrogen-bond acceptors (Lipinski definition) is 4. The maximum atomic E-state index is 12.0. The molecule has 3 N–H and O–H groups in total. The highest BCUT2D eigenvalue weighted by Gasteiger charge is 2.13. The summed E-state index contributed by atoms with van der Waals surface area (Å²) in [6, 6.07) is 12.3. The number of ether oxygens (including phenoxy) is 1. The zero-order valence-corrected chi connectivity index (χ0v) is 13.2. The maximum Gasteiger partial charge on any atom is 0.255 e. The van der Waals surface area contributed by atoms with E-state index in [-0.39, 0.29) is 24.5 Å². The van der Waals surface area contributed by atoms with Crippen LogP contribution >= 0.6 is 0 Å². The number of carbonyl (C=O) groups excluding carboxylic acids is 1. The molecular formula is C18H21NO4. The van der Waals surface area contributed by atoms with Gasteiger partial charge >= 0.3 is 0 Å². The monoisotopic (exact) mass is 315 g/mol. The number of carbonyl (C=O) groups is 1. The zero-order chi connectivity index (χ0) is 16.8. The molecule has 5 heteroatoms. The summed E-state index contributed by atoms with van der Waals surface area (Å²) in [5.41, 5.74) is 2.12. The van der Waals surface area contributed by atoms with E-state index >= 15 is 0 Å². The Morgan fingerprint density at radius 2 is 1.91 bits per heavy atom. The molecule has 1 atom stereocenters. The van der Waals surface area contributed by atoms with Gasteiger partial charge in [-0.05, 0) is 49.2 Å². The number of amides is 1. The molecule has 23 heavy (non-hydrogen) atoms. The molecule has 0 aromatic heterocycles. The molecule has 0 saturated heterocycles. The van der Waals surface area contributed by atoms with E-state index in [4.69, 9.17) is 4.74 Å². The Kier molecular flexibility index (Phi) is 5.60. The fourth-order valence-corrected chi connectivity index (χ4v) is 2.10. The van der Waals surface area contributed by atoms with Crippen molar-refractivity contribution in [2.75, 3.05) is 13.2 Å². The molecule has 122 valence electrons. The lowest BCUT2D eigenvalue weighted by Gasteiger charge is -2.14. The normalized spacial score (nSPS) is 11.8. The second kappa shape index (κ2) is 7.65. The second-order valence-electron chi connectivity index (χ2n) is 5.51. The van der Waals surface area contributed by atoms with Crippen LogP contribution in [-0.2, 0) is 0 Å². The van der Waals surface area contributed by atoms with Crippen LogP contribution in [0.5, 0.6) is 11.5 Å². The molecule has 1 unspecified atom stereocenters. The molecule has 0 aliphatic carbocycles. The predicted octanol–water partition coefficient (Wildman–Crippen LogP) is 2.18. The van der Waals surface area contributed by atoms with Gasteiger partial charge in [0.05, 0.1) is 5.56 Å². The van der Waals surface area contributed by atoms with E-state index in [9.17, 15) is 15.0 Å². The Labute approximate surface area is 135 Å². The Balaban J connectivity index is 1.81. The molecule has 2 rings (SSSR count). The number of rotatable bonds is 6. The first-order chi connectivity index (χ1) is 11.0. The van der Waals surface area contributed by atoms with E-state index < -0.39 is 12.0 Å². The van der Waals surface area contributed by atoms with E-state index in [0.717, 1.165) is 11.1 Å². The van der Waals surface area contributed by atoms with Gasteiger partial charge in [-0.2, -0.15) is 0 Å². The van der Waals surface area contributed by atoms with Crippen LogP contribution in [0.15, 0.2) is 42.5 Å². The number of nitrogens with one attached hydrogen (secondary N) is 1. The molecule has 0 aliphatic rings. The van der Waals surface area contributed by atoms with Gasteiger partial charge in [-0.1, -0.05) is 18.2 Å². The van der Waals surface area contributed by atoms with Gasteiger partial charge < -0.3 is 20.3 Å². The van der Waals surface area contributed by atoms with Crippen LogP contribution in [0, 0.1) is 13.8 Å². The van der Waals surface area contributed by atoms with Crippen molar-refractivity contribution >= 4 is 5.91 Å². The second-order valence-corrected chi connectivity index (χ2v) is 5.51. The number of aryl methyl sites for hydroxylation is 2. The SMILES string of the molecule is Cc1cccc(OCC(O)CNC(=O)c2ccc(C)cc2O)c1. The number of aliphatic hydroxyl groups excluding tert-OH is 1. The molecule has 1 amide bonds. The highest BCUT2D eigenvalue weighted by molar-refractivity contribution is 5.96. The number of hydrogen-bond donors (Lipinski definition) is 3. The molecule has 0 fully saturated rings. The lowest BCUT2D eigenvalue weighted by molar-refractivity contribution is 0.0841. The maximum absolute atomic E-state index is 12.0. The summed E-state index contributed by atoms with van der Waals surface area (Å²) in [5.74, 6) is 0.164. The summed E-state index contributed by atoms with van der Waals surface area (Å²) in [6.07, 6.45) is -0.841. The Hall–Kier alpha value is -2.53. The third kappa shape index (κ3) is 5.00. The smallest absolute Gasteiger partial charge is 0.255 e. The highest BCUT2D eigenvalue weighted by atomic mass is 16.5. The van der Waals surface area contributed by atoms with Gasteiger partial charge in [-0.25, -0.2) is 0 Å². The van der Waals surface area contributed by atoms with Gasteiger partial charge in [0.15, 0.2) is 0 Å². The van der Waals surface area contributed by atoms with Crippen LogP contribution in [0.25, 0.3) is 0 Å². The third-order valence-corrected chi connectivity index (χ3v) is 3.33. The van der Waals surface area contributed by atoms with E-state index in [2.05, 4.69) is 5.32 Å². The zero-order valence-electron chi connectivity index (χ0n) is 13.2. The molecular weight excluding hydrogens is 294 g/mol. The van der Waals surface area contributed by atoms with E-state index in [1.54, 1.807) is 12.1 Å². The lowest BCUT2D eigenvalue weighted by Crippen LogP contribution is -2.35.